The van der Waals surface area contributed by atoms with Crippen molar-refractivity contribution in [3.63, 3.8) is 0 Å². The van der Waals surface area contributed by atoms with Crippen LogP contribution in [-0.2, 0) is 0 Å². The summed E-state index contributed by atoms with van der Waals surface area (Å²) in [7, 11) is 0. The number of nitrogens with zero attached hydrogens (tertiary/aromatic N) is 3. The number of piperazine rings is 1. The molecule has 1 aromatic carbocycles. The molecule has 2 atom stereocenters. The highest BCUT2D eigenvalue weighted by molar-refractivity contribution is 6.31. The van der Waals surface area contributed by atoms with Crippen molar-refractivity contribution < 1.29 is 9.90 Å². The summed E-state index contributed by atoms with van der Waals surface area (Å²) in [5.41, 5.74) is 1.33. The minimum absolute atomic E-state index is 0.0151. The van der Waals surface area contributed by atoms with Crippen molar-refractivity contribution in [3.8, 4) is 0 Å². The molecular weight excluding hydrogens is 388 g/mol. The SMILES string of the molecule is CC1(O)CCCCC(NC(=O)N2CCN(c3ccnc4cc(Cl)ccc34)CC2)C1. The smallest absolute Gasteiger partial charge is 0.317 e. The molecule has 2 amide bonds. The van der Waals surface area contributed by atoms with E-state index in [2.05, 4.69) is 15.2 Å². The van der Waals surface area contributed by atoms with E-state index in [0.717, 1.165) is 55.4 Å². The number of amides is 2. The van der Waals surface area contributed by atoms with Gasteiger partial charge in [0, 0.05) is 54.5 Å². The van der Waals surface area contributed by atoms with Crippen LogP contribution in [0.4, 0.5) is 10.5 Å². The summed E-state index contributed by atoms with van der Waals surface area (Å²) >= 11 is 6.10. The van der Waals surface area contributed by atoms with Gasteiger partial charge >= 0.3 is 6.03 Å². The lowest BCUT2D eigenvalue weighted by Gasteiger charge is -2.37. The van der Waals surface area contributed by atoms with Crippen molar-refractivity contribution in [2.24, 2.45) is 0 Å². The fourth-order valence-corrected chi connectivity index (χ4v) is 4.72. The van der Waals surface area contributed by atoms with Gasteiger partial charge in [-0.05, 0) is 50.5 Å². The van der Waals surface area contributed by atoms with Gasteiger partial charge < -0.3 is 20.2 Å². The highest BCUT2D eigenvalue weighted by Gasteiger charge is 2.30. The number of pyridine rings is 1. The van der Waals surface area contributed by atoms with Crippen molar-refractivity contribution in [1.29, 1.82) is 0 Å². The van der Waals surface area contributed by atoms with Gasteiger partial charge in [-0.1, -0.05) is 24.4 Å². The van der Waals surface area contributed by atoms with E-state index in [1.54, 1.807) is 0 Å². The average molecular weight is 417 g/mol. The highest BCUT2D eigenvalue weighted by Crippen LogP contribution is 2.29. The van der Waals surface area contributed by atoms with Gasteiger partial charge in [0.2, 0.25) is 0 Å². The van der Waals surface area contributed by atoms with E-state index in [0.29, 0.717) is 24.5 Å². The van der Waals surface area contributed by atoms with Gasteiger partial charge in [0.05, 0.1) is 11.1 Å². The molecule has 29 heavy (non-hydrogen) atoms. The summed E-state index contributed by atoms with van der Waals surface area (Å²) in [6.45, 7) is 4.77. The number of fused-ring (bicyclic) bond motifs is 1. The first-order chi connectivity index (χ1) is 13.9. The second-order valence-electron chi connectivity index (χ2n) is 8.56. The summed E-state index contributed by atoms with van der Waals surface area (Å²) in [5, 5.41) is 15.3. The van der Waals surface area contributed by atoms with Crippen LogP contribution in [0.3, 0.4) is 0 Å². The number of aliphatic hydroxyl groups is 1. The fourth-order valence-electron chi connectivity index (χ4n) is 4.55. The van der Waals surface area contributed by atoms with Crippen molar-refractivity contribution in [2.75, 3.05) is 31.1 Å². The molecule has 1 aromatic heterocycles. The van der Waals surface area contributed by atoms with Crippen LogP contribution < -0.4 is 10.2 Å². The van der Waals surface area contributed by atoms with Gasteiger partial charge in [0.15, 0.2) is 0 Å². The van der Waals surface area contributed by atoms with E-state index in [9.17, 15) is 9.90 Å². The van der Waals surface area contributed by atoms with Gasteiger partial charge in [0.1, 0.15) is 0 Å². The third kappa shape index (κ3) is 4.75. The first-order valence-corrected chi connectivity index (χ1v) is 10.9. The molecule has 2 N–H and O–H groups in total. The maximum absolute atomic E-state index is 12.8. The second-order valence-corrected chi connectivity index (χ2v) is 9.00. The predicted octanol–water partition coefficient (Wildman–Crippen LogP) is 3.80. The largest absolute Gasteiger partial charge is 0.390 e. The first-order valence-electron chi connectivity index (χ1n) is 10.5. The molecule has 2 aliphatic rings. The van der Waals surface area contributed by atoms with Gasteiger partial charge in [-0.25, -0.2) is 4.79 Å². The number of carbonyl (C=O) groups excluding carboxylic acids is 1. The number of aromatic nitrogens is 1. The zero-order valence-corrected chi connectivity index (χ0v) is 17.7. The lowest BCUT2D eigenvalue weighted by molar-refractivity contribution is 0.0376. The fraction of sp³-hybridized carbons (Fsp3) is 0.545. The number of hydrogen-bond donors (Lipinski definition) is 2. The lowest BCUT2D eigenvalue weighted by atomic mass is 9.95. The summed E-state index contributed by atoms with van der Waals surface area (Å²) in [6, 6.07) is 7.84. The predicted molar refractivity (Wildman–Crippen MR) is 117 cm³/mol. The van der Waals surface area contributed by atoms with Crippen LogP contribution in [0.2, 0.25) is 5.02 Å². The van der Waals surface area contributed by atoms with E-state index in [4.69, 9.17) is 11.6 Å². The number of urea groups is 1. The Hall–Kier alpha value is -2.05. The van der Waals surface area contributed by atoms with Gasteiger partial charge in [-0.3, -0.25) is 4.98 Å². The molecule has 1 aliphatic carbocycles. The quantitative estimate of drug-likeness (QED) is 0.730. The maximum Gasteiger partial charge on any atom is 0.317 e. The molecule has 0 bridgehead atoms. The van der Waals surface area contributed by atoms with Crippen LogP contribution >= 0.6 is 11.6 Å². The molecule has 156 valence electrons. The molecular formula is C22H29ClN4O2. The van der Waals surface area contributed by atoms with Crippen molar-refractivity contribution in [3.05, 3.63) is 35.5 Å². The van der Waals surface area contributed by atoms with Gasteiger partial charge in [0.25, 0.3) is 0 Å². The van der Waals surface area contributed by atoms with E-state index in [1.807, 2.05) is 42.3 Å². The number of halogens is 1. The number of anilines is 1. The van der Waals surface area contributed by atoms with E-state index in [1.165, 1.54) is 0 Å². The molecule has 1 aliphatic heterocycles. The van der Waals surface area contributed by atoms with E-state index in [-0.39, 0.29) is 12.1 Å². The summed E-state index contributed by atoms with van der Waals surface area (Å²) in [6.07, 6.45) is 6.25. The average Bonchev–Trinajstić information content (AvgIpc) is 2.87. The minimum atomic E-state index is -0.682. The Balaban J connectivity index is 1.38. The molecule has 4 rings (SSSR count). The van der Waals surface area contributed by atoms with E-state index < -0.39 is 5.60 Å². The summed E-state index contributed by atoms with van der Waals surface area (Å²) in [5.74, 6) is 0. The molecule has 6 nitrogen and oxygen atoms in total. The van der Waals surface area contributed by atoms with Gasteiger partial charge in [-0.15, -0.1) is 0 Å². The zero-order valence-electron chi connectivity index (χ0n) is 16.9. The van der Waals surface area contributed by atoms with E-state index >= 15 is 0 Å². The summed E-state index contributed by atoms with van der Waals surface area (Å²) < 4.78 is 0. The Bertz CT molecular complexity index is 880. The number of benzene rings is 1. The third-order valence-electron chi connectivity index (χ3n) is 6.12. The summed E-state index contributed by atoms with van der Waals surface area (Å²) in [4.78, 5) is 21.4. The number of rotatable bonds is 2. The molecule has 0 radical (unpaired) electrons. The molecule has 1 saturated heterocycles. The number of carbonyl (C=O) groups is 1. The topological polar surface area (TPSA) is 68.7 Å². The normalized spacial score (nSPS) is 25.7. The minimum Gasteiger partial charge on any atom is -0.390 e. The Kier molecular flexibility index (Phi) is 5.83. The number of hydrogen-bond acceptors (Lipinski definition) is 4. The van der Waals surface area contributed by atoms with Crippen molar-refractivity contribution in [1.82, 2.24) is 15.2 Å². The molecule has 2 fully saturated rings. The molecule has 2 heterocycles. The standard InChI is InChI=1S/C22H29ClN4O2/c1-22(29)8-3-2-4-17(15-22)25-21(28)27-12-10-26(11-13-27)20-7-9-24-19-14-16(23)5-6-18(19)20/h5-7,9,14,17,29H,2-4,8,10-13,15H2,1H3,(H,25,28). The first kappa shape index (κ1) is 20.2. The molecule has 0 spiro atoms. The maximum atomic E-state index is 12.8. The highest BCUT2D eigenvalue weighted by atomic mass is 35.5. The Morgan fingerprint density at radius 2 is 2.03 bits per heavy atom. The van der Waals surface area contributed by atoms with Crippen molar-refractivity contribution >= 4 is 34.2 Å². The van der Waals surface area contributed by atoms with Crippen LogP contribution in [0.5, 0.6) is 0 Å². The second kappa shape index (κ2) is 8.36. The molecule has 2 aromatic rings. The molecule has 7 heteroatoms. The van der Waals surface area contributed by atoms with Crippen LogP contribution in [0.15, 0.2) is 30.5 Å². The Morgan fingerprint density at radius 3 is 2.83 bits per heavy atom. The third-order valence-corrected chi connectivity index (χ3v) is 6.36. The number of nitrogens with one attached hydrogen (secondary N) is 1. The lowest BCUT2D eigenvalue weighted by Crippen LogP contribution is -2.54. The van der Waals surface area contributed by atoms with Crippen molar-refractivity contribution in [2.45, 2.75) is 50.7 Å². The van der Waals surface area contributed by atoms with Gasteiger partial charge in [-0.2, -0.15) is 0 Å². The Morgan fingerprint density at radius 1 is 1.24 bits per heavy atom. The zero-order chi connectivity index (χ0) is 20.4. The van der Waals surface area contributed by atoms with Crippen LogP contribution in [0, 0.1) is 0 Å². The van der Waals surface area contributed by atoms with Crippen LogP contribution in [0.1, 0.15) is 39.0 Å². The molecule has 2 unspecified atom stereocenters. The van der Waals surface area contributed by atoms with Crippen LogP contribution in [0.25, 0.3) is 10.9 Å². The Labute approximate surface area is 176 Å². The molecule has 1 saturated carbocycles. The monoisotopic (exact) mass is 416 g/mol. The van der Waals surface area contributed by atoms with Crippen LogP contribution in [-0.4, -0.2) is 58.8 Å².